The molecule has 2 saturated heterocycles. The molecule has 3 heterocycles. The van der Waals surface area contributed by atoms with Gasteiger partial charge in [-0.25, -0.2) is 9.97 Å². The van der Waals surface area contributed by atoms with Crippen molar-refractivity contribution in [3.63, 3.8) is 0 Å². The third kappa shape index (κ3) is 5.98. The lowest BCUT2D eigenvalue weighted by Gasteiger charge is -2.37. The van der Waals surface area contributed by atoms with Crippen LogP contribution in [0.1, 0.15) is 36.8 Å². The van der Waals surface area contributed by atoms with Crippen LogP contribution in [0.25, 0.3) is 0 Å². The van der Waals surface area contributed by atoms with Crippen molar-refractivity contribution in [1.29, 1.82) is 0 Å². The maximum Gasteiger partial charge on any atom is 0.225 e. The molecule has 10 heteroatoms. The highest BCUT2D eigenvalue weighted by Crippen LogP contribution is 2.30. The first-order valence-corrected chi connectivity index (χ1v) is 12.3. The number of benzene rings is 1. The molecule has 2 aliphatic rings. The second kappa shape index (κ2) is 11.3. The smallest absolute Gasteiger partial charge is 0.225 e. The zero-order valence-corrected chi connectivity index (χ0v) is 20.8. The fourth-order valence-electron chi connectivity index (χ4n) is 4.81. The molecule has 182 valence electrons. The van der Waals surface area contributed by atoms with Gasteiger partial charge in [-0.15, -0.1) is 0 Å². The van der Waals surface area contributed by atoms with Crippen molar-refractivity contribution in [3.05, 3.63) is 51.8 Å². The highest BCUT2D eigenvalue weighted by molar-refractivity contribution is 6.37. The summed E-state index contributed by atoms with van der Waals surface area (Å²) in [6, 6.07) is 5.40. The highest BCUT2D eigenvalue weighted by Gasteiger charge is 2.33. The molecule has 2 fully saturated rings. The molecule has 8 nitrogen and oxygen atoms in total. The Morgan fingerprint density at radius 1 is 1.09 bits per heavy atom. The molecule has 1 amide bonds. The highest BCUT2D eigenvalue weighted by atomic mass is 35.5. The maximum absolute atomic E-state index is 13.2. The van der Waals surface area contributed by atoms with Crippen LogP contribution in [-0.2, 0) is 16.2 Å². The van der Waals surface area contributed by atoms with Crippen LogP contribution in [0.2, 0.25) is 10.0 Å². The molecular weight excluding hydrogens is 475 g/mol. The second-order valence-corrected chi connectivity index (χ2v) is 9.73. The largest absolute Gasteiger partial charge is 0.399 e. The lowest BCUT2D eigenvalue weighted by molar-refractivity contribution is -0.138. The molecule has 2 aliphatic heterocycles. The summed E-state index contributed by atoms with van der Waals surface area (Å²) in [5.74, 6) is 0.803. The number of carbonyl (C=O) groups is 1. The lowest BCUT2D eigenvalue weighted by atomic mass is 9.87. The molecule has 0 bridgehead atoms. The van der Waals surface area contributed by atoms with E-state index in [1.165, 1.54) is 7.11 Å². The number of aromatic nitrogens is 2. The summed E-state index contributed by atoms with van der Waals surface area (Å²) in [5.41, 5.74) is 8.25. The summed E-state index contributed by atoms with van der Waals surface area (Å²) in [4.78, 5) is 30.8. The molecular formula is C24H30Cl2N6O2. The summed E-state index contributed by atoms with van der Waals surface area (Å²) in [7, 11) is 1.54. The van der Waals surface area contributed by atoms with Gasteiger partial charge in [-0.1, -0.05) is 34.4 Å². The molecule has 34 heavy (non-hydrogen) atoms. The Morgan fingerprint density at radius 2 is 1.74 bits per heavy atom. The first-order valence-electron chi connectivity index (χ1n) is 11.6. The molecule has 1 aromatic heterocycles. The topological polar surface area (TPSA) is 96.9 Å². The quantitative estimate of drug-likeness (QED) is 0.473. The number of nitrogens with zero attached hydrogens (tertiary/aromatic N) is 5. The number of hydrogen-bond donors (Lipinski definition) is 1. The lowest BCUT2D eigenvalue weighted by Crippen LogP contribution is -2.46. The van der Waals surface area contributed by atoms with Crippen molar-refractivity contribution in [1.82, 2.24) is 19.8 Å². The fraction of sp³-hybridized carbons (Fsp3) is 0.500. The van der Waals surface area contributed by atoms with Crippen LogP contribution in [0.3, 0.4) is 0 Å². The second-order valence-electron chi connectivity index (χ2n) is 8.88. The Morgan fingerprint density at radius 3 is 2.35 bits per heavy atom. The summed E-state index contributed by atoms with van der Waals surface area (Å²) in [6.07, 6.45) is 6.91. The number of carbonyl (C=O) groups excluding carboxylic acids is 1. The van der Waals surface area contributed by atoms with Gasteiger partial charge in [0, 0.05) is 60.0 Å². The van der Waals surface area contributed by atoms with E-state index in [2.05, 4.69) is 20.0 Å². The number of halogens is 2. The monoisotopic (exact) mass is 504 g/mol. The molecule has 0 atom stereocenters. The first-order chi connectivity index (χ1) is 16.4. The molecule has 2 N–H and O–H groups in total. The van der Waals surface area contributed by atoms with Crippen LogP contribution in [0.5, 0.6) is 0 Å². The third-order valence-electron chi connectivity index (χ3n) is 6.66. The van der Waals surface area contributed by atoms with Crippen molar-refractivity contribution >= 4 is 40.8 Å². The minimum Gasteiger partial charge on any atom is -0.399 e. The van der Waals surface area contributed by atoms with E-state index in [-0.39, 0.29) is 23.7 Å². The van der Waals surface area contributed by atoms with Crippen LogP contribution in [0.15, 0.2) is 35.7 Å². The van der Waals surface area contributed by atoms with Crippen LogP contribution in [0.4, 0.5) is 5.95 Å². The fourth-order valence-corrected chi connectivity index (χ4v) is 5.32. The number of rotatable bonds is 6. The molecule has 1 aromatic carbocycles. The zero-order valence-electron chi connectivity index (χ0n) is 19.3. The Labute approximate surface area is 210 Å². The Bertz CT molecular complexity index is 1020. The van der Waals surface area contributed by atoms with Crippen LogP contribution in [-0.4, -0.2) is 64.7 Å². The minimum atomic E-state index is 0.0771. The van der Waals surface area contributed by atoms with Crippen LogP contribution in [0, 0.1) is 11.8 Å². The predicted molar refractivity (Wildman–Crippen MR) is 134 cm³/mol. The van der Waals surface area contributed by atoms with Gasteiger partial charge < -0.3 is 15.5 Å². The van der Waals surface area contributed by atoms with Gasteiger partial charge in [-0.05, 0) is 50.9 Å². The number of nitrogens with two attached hydrogens (primary N) is 1. The third-order valence-corrected chi connectivity index (χ3v) is 7.21. The van der Waals surface area contributed by atoms with Gasteiger partial charge in [0.25, 0.3) is 0 Å². The Balaban J connectivity index is 1.29. The SMILES string of the molecule is CO/N=C(\c1ccc(Cl)cc1Cl)C1CCN(C(=O)C2CCN(Cc3cnc(N)nc3)CC2)CC1. The predicted octanol–water partition coefficient (Wildman–Crippen LogP) is 3.87. The van der Waals surface area contributed by atoms with E-state index in [1.54, 1.807) is 24.5 Å². The van der Waals surface area contributed by atoms with Gasteiger partial charge >= 0.3 is 0 Å². The standard InChI is InChI=1S/C24H30Cl2N6O2/c1-34-30-22(20-3-2-19(25)12-21(20)26)17-6-10-32(11-7-17)23(33)18-4-8-31(9-5-18)15-16-13-28-24(27)29-14-16/h2-3,12-14,17-18H,4-11,15H2,1H3,(H2,27,28,29)/b30-22-. The normalized spacial score (nSPS) is 18.8. The van der Waals surface area contributed by atoms with Gasteiger partial charge in [0.15, 0.2) is 0 Å². The molecule has 0 aliphatic carbocycles. The summed E-state index contributed by atoms with van der Waals surface area (Å²) >= 11 is 12.5. The molecule has 4 rings (SSSR count). The first kappa shape index (κ1) is 24.7. The summed E-state index contributed by atoms with van der Waals surface area (Å²) < 4.78 is 0. The number of amides is 1. The van der Waals surface area contributed by atoms with Crippen molar-refractivity contribution in [2.75, 3.05) is 39.0 Å². The van der Waals surface area contributed by atoms with E-state index >= 15 is 0 Å². The van der Waals surface area contributed by atoms with E-state index in [4.69, 9.17) is 33.8 Å². The average molecular weight is 505 g/mol. The number of hydrogen-bond acceptors (Lipinski definition) is 7. The maximum atomic E-state index is 13.2. The van der Waals surface area contributed by atoms with Crippen LogP contribution >= 0.6 is 23.2 Å². The van der Waals surface area contributed by atoms with Crippen LogP contribution < -0.4 is 5.73 Å². The van der Waals surface area contributed by atoms with Crippen molar-refractivity contribution < 1.29 is 9.63 Å². The number of oxime groups is 1. The number of anilines is 1. The molecule has 0 spiro atoms. The van der Waals surface area contributed by atoms with E-state index in [9.17, 15) is 4.79 Å². The van der Waals surface area contributed by atoms with E-state index in [1.807, 2.05) is 11.0 Å². The average Bonchev–Trinajstić information content (AvgIpc) is 2.85. The van der Waals surface area contributed by atoms with Gasteiger partial charge in [0.2, 0.25) is 11.9 Å². The van der Waals surface area contributed by atoms with E-state index in [0.29, 0.717) is 23.1 Å². The Hall–Kier alpha value is -2.42. The van der Waals surface area contributed by atoms with Crippen molar-refractivity contribution in [3.8, 4) is 0 Å². The van der Waals surface area contributed by atoms with Gasteiger partial charge in [0.05, 0.1) is 10.7 Å². The molecule has 0 saturated carbocycles. The van der Waals surface area contributed by atoms with Gasteiger partial charge in [0.1, 0.15) is 7.11 Å². The van der Waals surface area contributed by atoms with E-state index < -0.39 is 0 Å². The number of likely N-dealkylation sites (tertiary alicyclic amines) is 2. The van der Waals surface area contributed by atoms with Gasteiger partial charge in [-0.2, -0.15) is 0 Å². The van der Waals surface area contributed by atoms with Gasteiger partial charge in [-0.3, -0.25) is 9.69 Å². The minimum absolute atomic E-state index is 0.0771. The van der Waals surface area contributed by atoms with Crippen molar-refractivity contribution in [2.24, 2.45) is 17.0 Å². The van der Waals surface area contributed by atoms with E-state index in [0.717, 1.165) is 62.2 Å². The summed E-state index contributed by atoms with van der Waals surface area (Å²) in [5, 5.41) is 5.42. The molecule has 2 aromatic rings. The number of nitrogen functional groups attached to an aromatic ring is 1. The van der Waals surface area contributed by atoms with Crippen molar-refractivity contribution in [2.45, 2.75) is 32.2 Å². The Kier molecular flexibility index (Phi) is 8.24. The zero-order chi connectivity index (χ0) is 24.1. The molecule has 0 radical (unpaired) electrons. The molecule has 0 unspecified atom stereocenters. The summed E-state index contributed by atoms with van der Waals surface area (Å²) in [6.45, 7) is 3.97. The number of piperidine rings is 2.